The van der Waals surface area contributed by atoms with Gasteiger partial charge in [-0.25, -0.2) is 4.39 Å². The number of ether oxygens (including phenoxy) is 1. The first-order chi connectivity index (χ1) is 15.6. The number of carbonyl (C=O) groups is 1. The van der Waals surface area contributed by atoms with E-state index in [9.17, 15) is 9.18 Å². The minimum Gasteiger partial charge on any atom is -0.457 e. The smallest absolute Gasteiger partial charge is 0.230 e. The molecule has 9 heteroatoms. The van der Waals surface area contributed by atoms with Crippen LogP contribution in [0.3, 0.4) is 0 Å². The Morgan fingerprint density at radius 3 is 2.50 bits per heavy atom. The molecule has 0 aliphatic heterocycles. The SMILES string of the molecule is O=C(CSc1nncn1-c1cccc(Cl)c1)NCc1ccc(Oc2ccc(F)cc2)cc1. The Morgan fingerprint density at radius 1 is 1.06 bits per heavy atom. The lowest BCUT2D eigenvalue weighted by molar-refractivity contribution is -0.118. The van der Waals surface area contributed by atoms with E-state index in [4.69, 9.17) is 16.3 Å². The zero-order valence-corrected chi connectivity index (χ0v) is 18.3. The molecular weight excluding hydrogens is 451 g/mol. The Hall–Kier alpha value is -3.36. The minimum atomic E-state index is -0.314. The molecule has 1 heterocycles. The molecule has 0 bridgehead atoms. The number of hydrogen-bond donors (Lipinski definition) is 1. The molecule has 0 aliphatic carbocycles. The number of amides is 1. The molecule has 4 rings (SSSR count). The molecule has 1 amide bonds. The van der Waals surface area contributed by atoms with Crippen LogP contribution in [-0.4, -0.2) is 26.4 Å². The van der Waals surface area contributed by atoms with Crippen molar-refractivity contribution in [2.45, 2.75) is 11.7 Å². The highest BCUT2D eigenvalue weighted by molar-refractivity contribution is 7.99. The average molecular weight is 469 g/mol. The van der Waals surface area contributed by atoms with Crippen molar-refractivity contribution in [2.24, 2.45) is 0 Å². The summed E-state index contributed by atoms with van der Waals surface area (Å²) >= 11 is 7.34. The third kappa shape index (κ3) is 5.87. The van der Waals surface area contributed by atoms with Crippen LogP contribution in [0, 0.1) is 5.82 Å². The molecule has 6 nitrogen and oxygen atoms in total. The lowest BCUT2D eigenvalue weighted by Gasteiger charge is -2.09. The highest BCUT2D eigenvalue weighted by Gasteiger charge is 2.10. The number of nitrogens with one attached hydrogen (secondary N) is 1. The summed E-state index contributed by atoms with van der Waals surface area (Å²) in [6, 6.07) is 20.5. The summed E-state index contributed by atoms with van der Waals surface area (Å²) in [5, 5.41) is 12.1. The summed E-state index contributed by atoms with van der Waals surface area (Å²) in [6.45, 7) is 0.386. The molecule has 0 atom stereocenters. The molecule has 0 radical (unpaired) electrons. The molecule has 3 aromatic carbocycles. The van der Waals surface area contributed by atoms with E-state index < -0.39 is 0 Å². The van der Waals surface area contributed by atoms with E-state index >= 15 is 0 Å². The van der Waals surface area contributed by atoms with Crippen molar-refractivity contribution in [1.29, 1.82) is 0 Å². The monoisotopic (exact) mass is 468 g/mol. The van der Waals surface area contributed by atoms with Gasteiger partial charge in [-0.1, -0.05) is 41.6 Å². The predicted octanol–water partition coefficient (Wildman–Crippen LogP) is 5.26. The summed E-state index contributed by atoms with van der Waals surface area (Å²) < 4.78 is 20.4. The molecule has 0 spiro atoms. The van der Waals surface area contributed by atoms with E-state index in [0.29, 0.717) is 28.2 Å². The Morgan fingerprint density at radius 2 is 1.78 bits per heavy atom. The van der Waals surface area contributed by atoms with E-state index in [2.05, 4.69) is 15.5 Å². The standard InChI is InChI=1S/C23H18ClFN4O2S/c24-17-2-1-3-19(12-17)29-15-27-28-23(29)32-14-22(30)26-13-16-4-8-20(9-5-16)31-21-10-6-18(25)7-11-21/h1-12,15H,13-14H2,(H,26,30). The summed E-state index contributed by atoms with van der Waals surface area (Å²) in [5.74, 6) is 0.941. The van der Waals surface area contributed by atoms with Gasteiger partial charge >= 0.3 is 0 Å². The van der Waals surface area contributed by atoms with Gasteiger partial charge in [0, 0.05) is 11.6 Å². The third-order valence-electron chi connectivity index (χ3n) is 4.40. The maximum Gasteiger partial charge on any atom is 0.230 e. The van der Waals surface area contributed by atoms with Crippen molar-refractivity contribution < 1.29 is 13.9 Å². The van der Waals surface area contributed by atoms with Crippen LogP contribution in [-0.2, 0) is 11.3 Å². The molecule has 32 heavy (non-hydrogen) atoms. The van der Waals surface area contributed by atoms with Crippen molar-refractivity contribution in [2.75, 3.05) is 5.75 Å². The van der Waals surface area contributed by atoms with Crippen LogP contribution in [0.15, 0.2) is 84.3 Å². The van der Waals surface area contributed by atoms with Crippen molar-refractivity contribution in [3.8, 4) is 17.2 Å². The molecule has 0 saturated carbocycles. The maximum atomic E-state index is 13.0. The first-order valence-corrected chi connectivity index (χ1v) is 11.0. The Balaban J connectivity index is 1.27. The van der Waals surface area contributed by atoms with Crippen molar-refractivity contribution >= 4 is 29.3 Å². The molecule has 0 unspecified atom stereocenters. The Labute approximate surface area is 193 Å². The summed E-state index contributed by atoms with van der Waals surface area (Å²) in [5.41, 5.74) is 1.75. The number of hydrogen-bond acceptors (Lipinski definition) is 5. The van der Waals surface area contributed by atoms with Crippen LogP contribution >= 0.6 is 23.4 Å². The Bertz CT molecular complexity index is 1200. The highest BCUT2D eigenvalue weighted by atomic mass is 35.5. The van der Waals surface area contributed by atoms with Crippen molar-refractivity contribution in [3.05, 3.63) is 95.5 Å². The number of aromatic nitrogens is 3. The highest BCUT2D eigenvalue weighted by Crippen LogP contribution is 2.23. The number of benzene rings is 3. The van der Waals surface area contributed by atoms with Gasteiger partial charge in [-0.05, 0) is 60.2 Å². The fraction of sp³-hybridized carbons (Fsp3) is 0.0870. The largest absolute Gasteiger partial charge is 0.457 e. The first kappa shape index (κ1) is 21.9. The van der Waals surface area contributed by atoms with E-state index in [0.717, 1.165) is 11.3 Å². The first-order valence-electron chi connectivity index (χ1n) is 9.65. The van der Waals surface area contributed by atoms with Gasteiger partial charge in [-0.2, -0.15) is 0 Å². The fourth-order valence-electron chi connectivity index (χ4n) is 2.82. The summed E-state index contributed by atoms with van der Waals surface area (Å²) in [4.78, 5) is 12.3. The van der Waals surface area contributed by atoms with E-state index in [-0.39, 0.29) is 17.5 Å². The van der Waals surface area contributed by atoms with E-state index in [1.807, 2.05) is 24.3 Å². The van der Waals surface area contributed by atoms with Gasteiger partial charge in [0.1, 0.15) is 23.6 Å². The zero-order valence-electron chi connectivity index (χ0n) is 16.7. The number of thioether (sulfide) groups is 1. The second-order valence-corrected chi connectivity index (χ2v) is 8.11. The summed E-state index contributed by atoms with van der Waals surface area (Å²) in [6.07, 6.45) is 1.58. The maximum absolute atomic E-state index is 13.0. The van der Waals surface area contributed by atoms with Crippen LogP contribution in [0.4, 0.5) is 4.39 Å². The number of nitrogens with zero attached hydrogens (tertiary/aromatic N) is 3. The fourth-order valence-corrected chi connectivity index (χ4v) is 3.77. The molecule has 0 aliphatic rings. The molecular formula is C23H18ClFN4O2S. The van der Waals surface area contributed by atoms with Crippen LogP contribution < -0.4 is 10.1 Å². The molecule has 0 fully saturated rings. The second kappa shape index (κ2) is 10.3. The number of halogens is 2. The van der Waals surface area contributed by atoms with Crippen molar-refractivity contribution in [3.63, 3.8) is 0 Å². The lowest BCUT2D eigenvalue weighted by Crippen LogP contribution is -2.24. The number of carbonyl (C=O) groups excluding carboxylic acids is 1. The molecule has 1 N–H and O–H groups in total. The van der Waals surface area contributed by atoms with Gasteiger partial charge in [-0.3, -0.25) is 9.36 Å². The van der Waals surface area contributed by atoms with E-state index in [1.165, 1.54) is 23.9 Å². The van der Waals surface area contributed by atoms with Gasteiger partial charge in [0.25, 0.3) is 0 Å². The van der Waals surface area contributed by atoms with Crippen LogP contribution in [0.2, 0.25) is 5.02 Å². The quantitative estimate of drug-likeness (QED) is 0.357. The topological polar surface area (TPSA) is 69.0 Å². The molecule has 4 aromatic rings. The number of rotatable bonds is 8. The van der Waals surface area contributed by atoms with Crippen molar-refractivity contribution in [1.82, 2.24) is 20.1 Å². The Kier molecular flexibility index (Phi) is 7.03. The lowest BCUT2D eigenvalue weighted by atomic mass is 10.2. The van der Waals surface area contributed by atoms with Gasteiger partial charge in [-0.15, -0.1) is 10.2 Å². The van der Waals surface area contributed by atoms with E-state index in [1.54, 1.807) is 47.3 Å². The van der Waals surface area contributed by atoms with Gasteiger partial charge in [0.15, 0.2) is 5.16 Å². The molecule has 162 valence electrons. The molecule has 1 aromatic heterocycles. The summed E-state index contributed by atoms with van der Waals surface area (Å²) in [7, 11) is 0. The van der Waals surface area contributed by atoms with Crippen LogP contribution in [0.5, 0.6) is 11.5 Å². The zero-order chi connectivity index (χ0) is 22.3. The van der Waals surface area contributed by atoms with Gasteiger partial charge in [0.2, 0.25) is 5.91 Å². The molecule has 0 saturated heterocycles. The third-order valence-corrected chi connectivity index (χ3v) is 5.58. The van der Waals surface area contributed by atoms with Crippen LogP contribution in [0.1, 0.15) is 5.56 Å². The predicted molar refractivity (Wildman–Crippen MR) is 122 cm³/mol. The van der Waals surface area contributed by atoms with Crippen LogP contribution in [0.25, 0.3) is 5.69 Å². The normalized spacial score (nSPS) is 10.7. The minimum absolute atomic E-state index is 0.123. The van der Waals surface area contributed by atoms with Gasteiger partial charge in [0.05, 0.1) is 11.4 Å². The second-order valence-electron chi connectivity index (χ2n) is 6.73. The average Bonchev–Trinajstić information content (AvgIpc) is 3.27. The van der Waals surface area contributed by atoms with Gasteiger partial charge < -0.3 is 10.1 Å².